The lowest BCUT2D eigenvalue weighted by molar-refractivity contribution is -0.121. The van der Waals surface area contributed by atoms with E-state index >= 15 is 0 Å². The van der Waals surface area contributed by atoms with E-state index in [1.165, 1.54) is 44.9 Å². The lowest BCUT2D eigenvalue weighted by atomic mass is 9.90. The van der Waals surface area contributed by atoms with Gasteiger partial charge in [0.15, 0.2) is 0 Å². The first kappa shape index (κ1) is 20.2. The van der Waals surface area contributed by atoms with Gasteiger partial charge >= 0.3 is 0 Å². The van der Waals surface area contributed by atoms with Gasteiger partial charge in [-0.15, -0.1) is 0 Å². The Balaban J connectivity index is 1.79. The van der Waals surface area contributed by atoms with E-state index < -0.39 is 0 Å². The largest absolute Gasteiger partial charge is 0.355 e. The van der Waals surface area contributed by atoms with Crippen LogP contribution in [0.5, 0.6) is 0 Å². The molecule has 2 aromatic rings. The highest BCUT2D eigenvalue weighted by atomic mass is 16.1. The van der Waals surface area contributed by atoms with E-state index in [4.69, 9.17) is 0 Å². The molecule has 2 rings (SSSR count). The van der Waals surface area contributed by atoms with E-state index in [0.29, 0.717) is 0 Å². The summed E-state index contributed by atoms with van der Waals surface area (Å²) >= 11 is 0. The molecular weight excluding hydrogens is 318 g/mol. The molecule has 0 fully saturated rings. The Morgan fingerprint density at radius 1 is 0.731 bits per heavy atom. The van der Waals surface area contributed by atoms with Gasteiger partial charge in [-0.1, -0.05) is 113 Å². The lowest BCUT2D eigenvalue weighted by Crippen LogP contribution is -2.30. The van der Waals surface area contributed by atoms with Gasteiger partial charge in [0.1, 0.15) is 0 Å². The topological polar surface area (TPSA) is 29.1 Å². The molecular formula is C24H33NO. The van der Waals surface area contributed by atoms with Crippen LogP contribution >= 0.6 is 0 Å². The molecule has 0 unspecified atom stereocenters. The standard InChI is InChI=1S/C24H33NO/c1-2-3-4-5-6-7-8-15-20-25-24(26)23(21-16-11-9-12-17-21)22-18-13-10-14-19-22/h9-14,16-19,23H,2-8,15,20H2,1H3,(H,25,26). The van der Waals surface area contributed by atoms with Crippen molar-refractivity contribution in [3.8, 4) is 0 Å². The molecule has 0 spiro atoms. The van der Waals surface area contributed by atoms with Crippen LogP contribution in [-0.2, 0) is 4.79 Å². The van der Waals surface area contributed by atoms with Crippen molar-refractivity contribution in [2.24, 2.45) is 0 Å². The summed E-state index contributed by atoms with van der Waals surface area (Å²) in [6.07, 6.45) is 10.2. The van der Waals surface area contributed by atoms with Crippen LogP contribution in [-0.4, -0.2) is 12.5 Å². The maximum Gasteiger partial charge on any atom is 0.232 e. The number of unbranched alkanes of at least 4 members (excludes halogenated alkanes) is 7. The Kier molecular flexibility index (Phi) is 9.56. The van der Waals surface area contributed by atoms with Crippen LogP contribution in [0.3, 0.4) is 0 Å². The summed E-state index contributed by atoms with van der Waals surface area (Å²) in [5.41, 5.74) is 2.10. The molecule has 2 aromatic carbocycles. The number of benzene rings is 2. The summed E-state index contributed by atoms with van der Waals surface area (Å²) in [4.78, 5) is 12.8. The third-order valence-electron chi connectivity index (χ3n) is 4.86. The van der Waals surface area contributed by atoms with Crippen LogP contribution < -0.4 is 5.32 Å². The summed E-state index contributed by atoms with van der Waals surface area (Å²) in [6.45, 7) is 3.02. The van der Waals surface area contributed by atoms with E-state index in [2.05, 4.69) is 12.2 Å². The first-order valence-electron chi connectivity index (χ1n) is 10.2. The zero-order valence-corrected chi connectivity index (χ0v) is 16.1. The predicted octanol–water partition coefficient (Wildman–Crippen LogP) is 6.08. The molecule has 26 heavy (non-hydrogen) atoms. The van der Waals surface area contributed by atoms with Crippen LogP contribution in [0.1, 0.15) is 75.3 Å². The second-order valence-corrected chi connectivity index (χ2v) is 7.02. The van der Waals surface area contributed by atoms with Gasteiger partial charge < -0.3 is 5.32 Å². The summed E-state index contributed by atoms with van der Waals surface area (Å²) in [5.74, 6) is -0.128. The van der Waals surface area contributed by atoms with E-state index in [0.717, 1.165) is 24.1 Å². The van der Waals surface area contributed by atoms with Gasteiger partial charge in [-0.25, -0.2) is 0 Å². The quantitative estimate of drug-likeness (QED) is 0.462. The molecule has 0 aliphatic heterocycles. The highest BCUT2D eigenvalue weighted by Crippen LogP contribution is 2.24. The number of carbonyl (C=O) groups is 1. The average Bonchev–Trinajstić information content (AvgIpc) is 2.68. The molecule has 0 heterocycles. The Bertz CT molecular complexity index is 569. The van der Waals surface area contributed by atoms with Crippen LogP contribution in [0.4, 0.5) is 0 Å². The Morgan fingerprint density at radius 3 is 1.69 bits per heavy atom. The average molecular weight is 352 g/mol. The van der Waals surface area contributed by atoms with Gasteiger partial charge in [0.2, 0.25) is 5.91 Å². The van der Waals surface area contributed by atoms with Crippen molar-refractivity contribution in [3.05, 3.63) is 71.8 Å². The number of amides is 1. The van der Waals surface area contributed by atoms with Gasteiger partial charge in [-0.2, -0.15) is 0 Å². The Hall–Kier alpha value is -2.09. The molecule has 0 aliphatic carbocycles. The number of hydrogen-bond donors (Lipinski definition) is 1. The molecule has 0 aromatic heterocycles. The molecule has 0 atom stereocenters. The Labute approximate surface area is 159 Å². The van der Waals surface area contributed by atoms with Crippen molar-refractivity contribution in [2.45, 2.75) is 64.2 Å². The van der Waals surface area contributed by atoms with Crippen molar-refractivity contribution in [1.82, 2.24) is 5.32 Å². The van der Waals surface area contributed by atoms with Crippen molar-refractivity contribution in [3.63, 3.8) is 0 Å². The summed E-state index contributed by atoms with van der Waals surface area (Å²) in [7, 11) is 0. The van der Waals surface area contributed by atoms with Crippen molar-refractivity contribution in [2.75, 3.05) is 6.54 Å². The third-order valence-corrected chi connectivity index (χ3v) is 4.86. The van der Waals surface area contributed by atoms with Crippen LogP contribution in [0.25, 0.3) is 0 Å². The number of rotatable bonds is 12. The fraction of sp³-hybridized carbons (Fsp3) is 0.458. The number of carbonyl (C=O) groups excluding carboxylic acids is 1. The zero-order chi connectivity index (χ0) is 18.5. The molecule has 1 amide bonds. The molecule has 140 valence electrons. The number of hydrogen-bond acceptors (Lipinski definition) is 1. The highest BCUT2D eigenvalue weighted by Gasteiger charge is 2.21. The molecule has 0 saturated carbocycles. The molecule has 0 radical (unpaired) electrons. The first-order chi connectivity index (χ1) is 12.8. The maximum atomic E-state index is 12.8. The van der Waals surface area contributed by atoms with E-state index in [-0.39, 0.29) is 11.8 Å². The Morgan fingerprint density at radius 2 is 1.19 bits per heavy atom. The van der Waals surface area contributed by atoms with Crippen molar-refractivity contribution in [1.29, 1.82) is 0 Å². The highest BCUT2D eigenvalue weighted by molar-refractivity contribution is 5.87. The minimum absolute atomic E-state index is 0.102. The monoisotopic (exact) mass is 351 g/mol. The molecule has 2 nitrogen and oxygen atoms in total. The second kappa shape index (κ2) is 12.3. The van der Waals surface area contributed by atoms with Crippen LogP contribution in [0, 0.1) is 0 Å². The fourth-order valence-electron chi connectivity index (χ4n) is 3.36. The fourth-order valence-corrected chi connectivity index (χ4v) is 3.36. The van der Waals surface area contributed by atoms with E-state index in [1.807, 2.05) is 60.7 Å². The number of nitrogens with one attached hydrogen (secondary N) is 1. The van der Waals surface area contributed by atoms with E-state index in [1.54, 1.807) is 0 Å². The van der Waals surface area contributed by atoms with Gasteiger partial charge in [0.05, 0.1) is 5.92 Å². The molecule has 0 bridgehead atoms. The van der Waals surface area contributed by atoms with Crippen LogP contribution in [0.15, 0.2) is 60.7 Å². The smallest absolute Gasteiger partial charge is 0.232 e. The third kappa shape index (κ3) is 7.03. The summed E-state index contributed by atoms with van der Waals surface area (Å²) in [6, 6.07) is 20.1. The minimum Gasteiger partial charge on any atom is -0.355 e. The van der Waals surface area contributed by atoms with E-state index in [9.17, 15) is 4.79 Å². The minimum atomic E-state index is -0.230. The maximum absolute atomic E-state index is 12.8. The molecule has 2 heteroatoms. The first-order valence-corrected chi connectivity index (χ1v) is 10.2. The normalized spacial score (nSPS) is 10.8. The second-order valence-electron chi connectivity index (χ2n) is 7.02. The van der Waals surface area contributed by atoms with Gasteiger partial charge in [-0.05, 0) is 17.5 Å². The van der Waals surface area contributed by atoms with Gasteiger partial charge in [0.25, 0.3) is 0 Å². The predicted molar refractivity (Wildman–Crippen MR) is 110 cm³/mol. The summed E-state index contributed by atoms with van der Waals surface area (Å²) < 4.78 is 0. The van der Waals surface area contributed by atoms with Crippen molar-refractivity contribution < 1.29 is 4.79 Å². The molecule has 0 saturated heterocycles. The van der Waals surface area contributed by atoms with Crippen molar-refractivity contribution >= 4 is 5.91 Å². The van der Waals surface area contributed by atoms with Gasteiger partial charge in [-0.3, -0.25) is 4.79 Å². The molecule has 0 aliphatic rings. The van der Waals surface area contributed by atoms with Crippen LogP contribution in [0.2, 0.25) is 0 Å². The summed E-state index contributed by atoms with van der Waals surface area (Å²) in [5, 5.41) is 3.15. The van der Waals surface area contributed by atoms with Gasteiger partial charge in [0, 0.05) is 6.54 Å². The lowest BCUT2D eigenvalue weighted by Gasteiger charge is -2.18. The molecule has 1 N–H and O–H groups in total. The zero-order valence-electron chi connectivity index (χ0n) is 16.1. The SMILES string of the molecule is CCCCCCCCCCNC(=O)C(c1ccccc1)c1ccccc1.